The number of aliphatic hydroxyl groups excluding tert-OH is 1. The van der Waals surface area contributed by atoms with E-state index in [2.05, 4.69) is 5.32 Å². The van der Waals surface area contributed by atoms with E-state index in [1.807, 2.05) is 30.3 Å². The molecule has 0 spiro atoms. The molecule has 3 atom stereocenters. The van der Waals surface area contributed by atoms with Crippen molar-refractivity contribution in [2.24, 2.45) is 17.6 Å². The summed E-state index contributed by atoms with van der Waals surface area (Å²) in [5.74, 6) is 0.365. The number of nitrogens with two attached hydrogens (primary N) is 1. The van der Waals surface area contributed by atoms with Crippen molar-refractivity contribution in [3.8, 4) is 0 Å². The van der Waals surface area contributed by atoms with Crippen molar-refractivity contribution in [1.29, 1.82) is 0 Å². The summed E-state index contributed by atoms with van der Waals surface area (Å²) in [6.07, 6.45) is 3.68. The summed E-state index contributed by atoms with van der Waals surface area (Å²) in [7, 11) is 0. The van der Waals surface area contributed by atoms with Gasteiger partial charge >= 0.3 is 0 Å². The van der Waals surface area contributed by atoms with Crippen LogP contribution in [0.4, 0.5) is 0 Å². The van der Waals surface area contributed by atoms with Crippen molar-refractivity contribution >= 4 is 5.91 Å². The number of hydrogen-bond donors (Lipinski definition) is 3. The molecule has 0 heterocycles. The average molecular weight is 276 g/mol. The quantitative estimate of drug-likeness (QED) is 0.728. The van der Waals surface area contributed by atoms with E-state index < -0.39 is 0 Å². The molecule has 1 aliphatic carbocycles. The number of carbonyl (C=O) groups excluding carboxylic acids is 1. The lowest BCUT2D eigenvalue weighted by atomic mass is 9.94. The van der Waals surface area contributed by atoms with E-state index in [1.54, 1.807) is 0 Å². The van der Waals surface area contributed by atoms with Gasteiger partial charge in [-0.15, -0.1) is 0 Å². The molecule has 0 bridgehead atoms. The van der Waals surface area contributed by atoms with Crippen LogP contribution >= 0.6 is 0 Å². The minimum absolute atomic E-state index is 0.0184. The first-order chi connectivity index (χ1) is 9.74. The van der Waals surface area contributed by atoms with Crippen molar-refractivity contribution in [1.82, 2.24) is 5.32 Å². The van der Waals surface area contributed by atoms with Crippen molar-refractivity contribution in [3.05, 3.63) is 35.9 Å². The van der Waals surface area contributed by atoms with E-state index in [1.165, 1.54) is 0 Å². The number of hydrogen-bond acceptors (Lipinski definition) is 3. The van der Waals surface area contributed by atoms with E-state index in [-0.39, 0.29) is 24.5 Å². The van der Waals surface area contributed by atoms with Gasteiger partial charge in [-0.1, -0.05) is 36.8 Å². The van der Waals surface area contributed by atoms with Gasteiger partial charge in [0.15, 0.2) is 0 Å². The van der Waals surface area contributed by atoms with Crippen LogP contribution in [0.5, 0.6) is 0 Å². The fourth-order valence-electron chi connectivity index (χ4n) is 3.03. The van der Waals surface area contributed by atoms with Crippen LogP contribution in [-0.4, -0.2) is 30.2 Å². The van der Waals surface area contributed by atoms with Crippen LogP contribution in [0.1, 0.15) is 24.8 Å². The summed E-state index contributed by atoms with van der Waals surface area (Å²) < 4.78 is 0. The maximum absolute atomic E-state index is 12.3. The van der Waals surface area contributed by atoms with E-state index in [9.17, 15) is 9.90 Å². The van der Waals surface area contributed by atoms with E-state index in [4.69, 9.17) is 5.73 Å². The maximum Gasteiger partial charge on any atom is 0.223 e. The Morgan fingerprint density at radius 3 is 2.75 bits per heavy atom. The molecule has 110 valence electrons. The zero-order chi connectivity index (χ0) is 14.4. The number of carbonyl (C=O) groups is 1. The fraction of sp³-hybridized carbons (Fsp3) is 0.562. The second kappa shape index (κ2) is 7.41. The summed E-state index contributed by atoms with van der Waals surface area (Å²) in [5, 5.41) is 12.4. The first-order valence-corrected chi connectivity index (χ1v) is 7.39. The van der Waals surface area contributed by atoms with Gasteiger partial charge in [-0.25, -0.2) is 0 Å². The first kappa shape index (κ1) is 15.0. The van der Waals surface area contributed by atoms with Crippen molar-refractivity contribution in [3.63, 3.8) is 0 Å². The molecule has 4 N–H and O–H groups in total. The van der Waals surface area contributed by atoms with Gasteiger partial charge in [0.1, 0.15) is 0 Å². The van der Waals surface area contributed by atoms with Crippen LogP contribution in [0.2, 0.25) is 0 Å². The van der Waals surface area contributed by atoms with Gasteiger partial charge in [-0.2, -0.15) is 0 Å². The minimum Gasteiger partial charge on any atom is -0.394 e. The molecule has 20 heavy (non-hydrogen) atoms. The van der Waals surface area contributed by atoms with Gasteiger partial charge in [-0.3, -0.25) is 4.79 Å². The number of rotatable bonds is 6. The van der Waals surface area contributed by atoms with Crippen LogP contribution < -0.4 is 11.1 Å². The monoisotopic (exact) mass is 276 g/mol. The standard InChI is InChI=1S/C16H24N2O2/c17-10-13-7-4-8-15(13)16(20)18-14(11-19)9-12-5-2-1-3-6-12/h1-3,5-6,13-15,19H,4,7-11,17H2,(H,18,20). The molecule has 0 saturated heterocycles. The highest BCUT2D eigenvalue weighted by Gasteiger charge is 2.32. The van der Waals surface area contributed by atoms with Crippen molar-refractivity contribution < 1.29 is 9.90 Å². The highest BCUT2D eigenvalue weighted by atomic mass is 16.3. The Bertz CT molecular complexity index is 422. The second-order valence-corrected chi connectivity index (χ2v) is 5.61. The lowest BCUT2D eigenvalue weighted by Crippen LogP contribution is -2.44. The van der Waals surface area contributed by atoms with Crippen LogP contribution in [0.15, 0.2) is 30.3 Å². The van der Waals surface area contributed by atoms with E-state index in [0.717, 1.165) is 24.8 Å². The molecule has 4 nitrogen and oxygen atoms in total. The lowest BCUT2D eigenvalue weighted by molar-refractivity contribution is -0.127. The van der Waals surface area contributed by atoms with E-state index in [0.29, 0.717) is 18.9 Å². The molecule has 1 aromatic rings. The van der Waals surface area contributed by atoms with Crippen molar-refractivity contribution in [2.45, 2.75) is 31.7 Å². The average Bonchev–Trinajstić information content (AvgIpc) is 2.96. The van der Waals surface area contributed by atoms with Crippen LogP contribution in [0.25, 0.3) is 0 Å². The minimum atomic E-state index is -0.219. The van der Waals surface area contributed by atoms with Crippen LogP contribution in [0, 0.1) is 11.8 Å². The normalized spacial score (nSPS) is 23.5. The molecular weight excluding hydrogens is 252 g/mol. The third-order valence-electron chi connectivity index (χ3n) is 4.19. The molecule has 2 rings (SSSR count). The van der Waals surface area contributed by atoms with Crippen LogP contribution in [-0.2, 0) is 11.2 Å². The summed E-state index contributed by atoms with van der Waals surface area (Å²) in [6.45, 7) is 0.529. The molecule has 0 aliphatic heterocycles. The Morgan fingerprint density at radius 2 is 2.10 bits per heavy atom. The number of aliphatic hydroxyl groups is 1. The molecule has 1 aromatic carbocycles. The second-order valence-electron chi connectivity index (χ2n) is 5.61. The lowest BCUT2D eigenvalue weighted by Gasteiger charge is -2.22. The first-order valence-electron chi connectivity index (χ1n) is 7.39. The smallest absolute Gasteiger partial charge is 0.223 e. The highest BCUT2D eigenvalue weighted by Crippen LogP contribution is 2.31. The predicted octanol–water partition coefficient (Wildman–Crippen LogP) is 1.08. The van der Waals surface area contributed by atoms with Gasteiger partial charge in [0.05, 0.1) is 12.6 Å². The molecule has 0 radical (unpaired) electrons. The van der Waals surface area contributed by atoms with Crippen molar-refractivity contribution in [2.75, 3.05) is 13.2 Å². The zero-order valence-electron chi connectivity index (χ0n) is 11.8. The molecule has 0 aromatic heterocycles. The Morgan fingerprint density at radius 1 is 1.35 bits per heavy atom. The third-order valence-corrected chi connectivity index (χ3v) is 4.19. The van der Waals surface area contributed by atoms with Crippen LogP contribution in [0.3, 0.4) is 0 Å². The largest absolute Gasteiger partial charge is 0.394 e. The van der Waals surface area contributed by atoms with Gasteiger partial charge in [0.2, 0.25) is 5.91 Å². The molecule has 1 fully saturated rings. The summed E-state index contributed by atoms with van der Waals surface area (Å²) in [4.78, 5) is 12.3. The molecule has 4 heteroatoms. The topological polar surface area (TPSA) is 75.4 Å². The number of amides is 1. The molecule has 1 saturated carbocycles. The molecule has 3 unspecified atom stereocenters. The summed E-state index contributed by atoms with van der Waals surface area (Å²) >= 11 is 0. The highest BCUT2D eigenvalue weighted by molar-refractivity contribution is 5.79. The summed E-state index contributed by atoms with van der Waals surface area (Å²) in [6, 6.07) is 9.68. The SMILES string of the molecule is NCC1CCCC1C(=O)NC(CO)Cc1ccccc1. The Balaban J connectivity index is 1.91. The Hall–Kier alpha value is -1.39. The maximum atomic E-state index is 12.3. The van der Waals surface area contributed by atoms with E-state index >= 15 is 0 Å². The van der Waals surface area contributed by atoms with Gasteiger partial charge in [0.25, 0.3) is 0 Å². The Kier molecular flexibility index (Phi) is 5.56. The third kappa shape index (κ3) is 3.81. The molecule has 1 aliphatic rings. The Labute approximate surface area is 120 Å². The zero-order valence-corrected chi connectivity index (χ0v) is 11.8. The predicted molar refractivity (Wildman–Crippen MR) is 79.0 cm³/mol. The molecule has 1 amide bonds. The van der Waals surface area contributed by atoms with Gasteiger partial charge in [-0.05, 0) is 37.3 Å². The van der Waals surface area contributed by atoms with Gasteiger partial charge in [0, 0.05) is 5.92 Å². The fourth-order valence-corrected chi connectivity index (χ4v) is 3.03. The molecular formula is C16H24N2O2. The van der Waals surface area contributed by atoms with Gasteiger partial charge < -0.3 is 16.2 Å². The number of nitrogens with one attached hydrogen (secondary N) is 1. The summed E-state index contributed by atoms with van der Waals surface area (Å²) in [5.41, 5.74) is 6.84. The number of benzene rings is 1.